The van der Waals surface area contributed by atoms with Crippen LogP contribution < -0.4 is 92.9 Å². The molecule has 0 aliphatic heterocycles. The lowest BCUT2D eigenvalue weighted by Crippen LogP contribution is -2.61. The number of aliphatic imine (C=N–C) groups is 1. The van der Waals surface area contributed by atoms with Gasteiger partial charge in [-0.05, 0) is 131 Å². The second-order valence-corrected chi connectivity index (χ2v) is 27.6. The third-order valence-electron chi connectivity index (χ3n) is 17.3. The van der Waals surface area contributed by atoms with Crippen molar-refractivity contribution in [1.29, 1.82) is 0 Å². The van der Waals surface area contributed by atoms with Gasteiger partial charge in [0.15, 0.2) is 5.96 Å². The molecule has 102 heavy (non-hydrogen) atoms. The highest BCUT2D eigenvalue weighted by molar-refractivity contribution is 7.98. The van der Waals surface area contributed by atoms with E-state index in [1.165, 1.54) is 24.3 Å². The Morgan fingerprint density at radius 2 is 0.971 bits per heavy atom. The van der Waals surface area contributed by atoms with Crippen molar-refractivity contribution in [3.05, 3.63) is 54.2 Å². The van der Waals surface area contributed by atoms with Crippen molar-refractivity contribution < 1.29 is 57.5 Å². The van der Waals surface area contributed by atoms with Crippen molar-refractivity contribution in [2.24, 2.45) is 63.1 Å². The SMILES string of the molecule is CC[C@H](C)[C@H](NC(=O)[C@H](CC(C)C)NC(=O)[C@H](Cc1cnc[nH]1)NC(=O)CNC(=O)[C@H](CC(C)C)NC(=O)[C@@H](NC(=O)[C@H](CCCCN)NC(=O)[C@H](CCCCN)NC(=O)[C@H](Cc1c[nH]c2ccccc12)NC(=O)[C@H](CCSC)NC(=O)CN)[C@@H](C)CC)C(=O)N[C@@H](CCCN=C(N)N)C(N)=O. The summed E-state index contributed by atoms with van der Waals surface area (Å²) in [5.41, 5.74) is 35.7. The minimum absolute atomic E-state index is 0.0300. The summed E-state index contributed by atoms with van der Waals surface area (Å²) in [6.45, 7) is 14.0. The number of fused-ring (bicyclic) bond motifs is 1. The van der Waals surface area contributed by atoms with Crippen molar-refractivity contribution >= 4 is 99.5 Å². The summed E-state index contributed by atoms with van der Waals surface area (Å²) in [5.74, 6) is -9.85. The smallest absolute Gasteiger partial charge is 0.243 e. The number of hydrogen-bond acceptors (Lipinski definition) is 18. The van der Waals surface area contributed by atoms with Crippen LogP contribution in [0.5, 0.6) is 0 Å². The molecule has 0 bridgehead atoms. The number of hydrogen-bond donors (Lipinski definition) is 19. The average molecular weight is 1450 g/mol. The number of unbranched alkanes of at least 4 members (excludes halogenated alkanes) is 2. The molecule has 12 amide bonds. The second kappa shape index (κ2) is 46.6. The number of carbonyl (C=O) groups excluding carboxylic acids is 12. The molecule has 2 heterocycles. The molecular weight excluding hydrogens is 1330 g/mol. The molecule has 0 spiro atoms. The first-order valence-electron chi connectivity index (χ1n) is 35.3. The van der Waals surface area contributed by atoms with E-state index in [1.807, 2.05) is 65.1 Å². The number of amides is 12. The Bertz CT molecular complexity index is 3200. The number of primary amides is 1. The topological polar surface area (TPSA) is 550 Å². The molecule has 34 heteroatoms. The van der Waals surface area contributed by atoms with Crippen LogP contribution in [0.3, 0.4) is 0 Å². The molecule has 0 saturated carbocycles. The van der Waals surface area contributed by atoms with Crippen LogP contribution in [-0.4, -0.2) is 197 Å². The summed E-state index contributed by atoms with van der Waals surface area (Å²) in [6, 6.07) is -4.91. The first kappa shape index (κ1) is 87.3. The first-order valence-corrected chi connectivity index (χ1v) is 36.7. The van der Waals surface area contributed by atoms with Crippen molar-refractivity contribution in [3.63, 3.8) is 0 Å². The molecule has 12 atom stereocenters. The molecule has 0 aliphatic carbocycles. The summed E-state index contributed by atoms with van der Waals surface area (Å²) in [6.07, 6.45) is 9.57. The van der Waals surface area contributed by atoms with E-state index in [-0.39, 0.29) is 95.3 Å². The number of carbonyl (C=O) groups is 12. The Kier molecular flexibility index (Phi) is 39.9. The van der Waals surface area contributed by atoms with Gasteiger partial charge in [-0.25, -0.2) is 4.98 Å². The molecule has 0 radical (unpaired) electrons. The van der Waals surface area contributed by atoms with Gasteiger partial charge in [0.05, 0.1) is 19.4 Å². The Morgan fingerprint density at radius 1 is 0.510 bits per heavy atom. The molecule has 0 fully saturated rings. The standard InChI is InChI=1S/C68H115N21O12S/c1-10-40(7)56(66(100)82-46(58(72)92)23-18-27-76-68(73)74)89-65(99)51(30-39(5)6)85-64(98)53(32-43-35-75-37-79-43)81-55(91)36-78-59(93)50(29-38(3)4)87-67(101)57(41(8)11-2)88-62(96)48(22-15-17-26-70)83-60(94)47(21-14-16-25-69)84-63(97)52(31-42-34-77-45-20-13-12-19-44(42)45)86-61(95)49(24-28-102-9)80-54(90)33-71/h12-13,19-20,34-35,37-41,46-53,56-57,77H,10-11,14-18,21-33,36,69-71H2,1-9H3,(H2,72,92)(H,75,79)(H,78,93)(H,80,90)(H,81,91)(H,82,100)(H,83,94)(H,84,97)(H,85,98)(H,86,95)(H,87,101)(H,88,96)(H,89,99)(H4,73,74,76)/t40-,41-,46-,47-,48-,49-,50-,51-,52-,53-,56-,57-/m0/s1. The van der Waals surface area contributed by atoms with Crippen LogP contribution in [0.15, 0.2) is 48.0 Å². The number of benzene rings is 1. The largest absolute Gasteiger partial charge is 0.370 e. The second-order valence-electron chi connectivity index (χ2n) is 26.6. The molecule has 1 aromatic carbocycles. The fraction of sp³-hybridized carbons (Fsp3) is 0.647. The molecule has 0 saturated heterocycles. The van der Waals surface area contributed by atoms with E-state index in [0.717, 1.165) is 10.9 Å². The van der Waals surface area contributed by atoms with Gasteiger partial charge < -0.3 is 103 Å². The number of nitrogens with one attached hydrogen (secondary N) is 13. The Hall–Kier alpha value is -8.89. The molecule has 3 rings (SSSR count). The maximum atomic E-state index is 14.7. The van der Waals surface area contributed by atoms with E-state index in [9.17, 15) is 57.5 Å². The highest BCUT2D eigenvalue weighted by Crippen LogP contribution is 2.21. The molecule has 0 unspecified atom stereocenters. The van der Waals surface area contributed by atoms with Gasteiger partial charge in [-0.1, -0.05) is 86.4 Å². The fourth-order valence-electron chi connectivity index (χ4n) is 11.1. The van der Waals surface area contributed by atoms with Crippen LogP contribution in [0.1, 0.15) is 150 Å². The van der Waals surface area contributed by atoms with Gasteiger partial charge in [0.2, 0.25) is 70.9 Å². The Balaban J connectivity index is 1.88. The average Bonchev–Trinajstić information content (AvgIpc) is 1.62. The molecule has 25 N–H and O–H groups in total. The number of aromatic nitrogens is 3. The van der Waals surface area contributed by atoms with E-state index in [2.05, 4.69) is 78.4 Å². The van der Waals surface area contributed by atoms with Crippen molar-refractivity contribution in [2.45, 2.75) is 212 Å². The van der Waals surface area contributed by atoms with Crippen LogP contribution in [0, 0.1) is 23.7 Å². The predicted octanol–water partition coefficient (Wildman–Crippen LogP) is -1.67. The molecular formula is C68H115N21O12S. The first-order chi connectivity index (χ1) is 48.5. The van der Waals surface area contributed by atoms with E-state index in [0.29, 0.717) is 62.0 Å². The zero-order valence-corrected chi connectivity index (χ0v) is 61.5. The quantitative estimate of drug-likeness (QED) is 0.0171. The van der Waals surface area contributed by atoms with Gasteiger partial charge in [0.25, 0.3) is 0 Å². The van der Waals surface area contributed by atoms with Gasteiger partial charge in [-0.15, -0.1) is 0 Å². The molecule has 570 valence electrons. The van der Waals surface area contributed by atoms with Crippen molar-refractivity contribution in [2.75, 3.05) is 44.7 Å². The number of nitrogens with zero attached hydrogens (tertiary/aromatic N) is 2. The zero-order valence-electron chi connectivity index (χ0n) is 60.6. The third-order valence-corrected chi connectivity index (χ3v) is 17.9. The maximum absolute atomic E-state index is 14.7. The minimum atomic E-state index is -1.36. The van der Waals surface area contributed by atoms with Crippen LogP contribution in [0.2, 0.25) is 0 Å². The number of imidazole rings is 1. The highest BCUT2D eigenvalue weighted by atomic mass is 32.2. The number of H-pyrrole nitrogens is 2. The van der Waals surface area contributed by atoms with E-state index < -0.39 is 150 Å². The maximum Gasteiger partial charge on any atom is 0.243 e. The summed E-state index contributed by atoms with van der Waals surface area (Å²) in [7, 11) is 0. The van der Waals surface area contributed by atoms with Gasteiger partial charge >= 0.3 is 0 Å². The minimum Gasteiger partial charge on any atom is -0.370 e. The van der Waals surface area contributed by atoms with Gasteiger partial charge in [-0.3, -0.25) is 62.5 Å². The number of thioether (sulfide) groups is 1. The van der Waals surface area contributed by atoms with Gasteiger partial charge in [0.1, 0.15) is 60.4 Å². The number of guanidine groups is 1. The van der Waals surface area contributed by atoms with Gasteiger partial charge in [0, 0.05) is 48.4 Å². The molecule has 3 aromatic rings. The lowest BCUT2D eigenvalue weighted by molar-refractivity contribution is -0.136. The predicted molar refractivity (Wildman–Crippen MR) is 391 cm³/mol. The van der Waals surface area contributed by atoms with E-state index in [1.54, 1.807) is 27.0 Å². The lowest BCUT2D eigenvalue weighted by atomic mass is 9.96. The normalized spacial score (nSPS) is 14.8. The van der Waals surface area contributed by atoms with Crippen LogP contribution in [-0.2, 0) is 70.4 Å². The molecule has 0 aliphatic rings. The monoisotopic (exact) mass is 1450 g/mol. The fourth-order valence-corrected chi connectivity index (χ4v) is 11.6. The number of aromatic amines is 2. The van der Waals surface area contributed by atoms with Crippen LogP contribution in [0.4, 0.5) is 0 Å². The van der Waals surface area contributed by atoms with E-state index >= 15 is 0 Å². The molecule has 2 aromatic heterocycles. The van der Waals surface area contributed by atoms with Crippen LogP contribution in [0.25, 0.3) is 10.9 Å². The third kappa shape index (κ3) is 31.1. The summed E-state index contributed by atoms with van der Waals surface area (Å²) >= 11 is 1.46. The Morgan fingerprint density at radius 3 is 1.47 bits per heavy atom. The number of para-hydroxylation sites is 1. The summed E-state index contributed by atoms with van der Waals surface area (Å²) in [4.78, 5) is 182. The Labute approximate surface area is 602 Å². The van der Waals surface area contributed by atoms with E-state index in [4.69, 9.17) is 34.4 Å². The van der Waals surface area contributed by atoms with Gasteiger partial charge in [-0.2, -0.15) is 11.8 Å². The number of rotatable bonds is 50. The molecule has 33 nitrogen and oxygen atoms in total. The highest BCUT2D eigenvalue weighted by Gasteiger charge is 2.38. The zero-order chi connectivity index (χ0) is 76.0. The van der Waals surface area contributed by atoms with Crippen molar-refractivity contribution in [3.8, 4) is 0 Å². The summed E-state index contributed by atoms with van der Waals surface area (Å²) < 4.78 is 0. The lowest BCUT2D eigenvalue weighted by Gasteiger charge is -2.30. The number of nitrogens with two attached hydrogens (primary N) is 6. The van der Waals surface area contributed by atoms with Crippen LogP contribution >= 0.6 is 11.8 Å². The van der Waals surface area contributed by atoms with Crippen molar-refractivity contribution in [1.82, 2.24) is 73.4 Å². The summed E-state index contributed by atoms with van der Waals surface area (Å²) in [5, 5.41) is 30.8.